The van der Waals surface area contributed by atoms with Gasteiger partial charge in [-0.05, 0) is 17.7 Å². The van der Waals surface area contributed by atoms with Crippen LogP contribution in [-0.2, 0) is 25.5 Å². The first-order chi connectivity index (χ1) is 10.0. The summed E-state index contributed by atoms with van der Waals surface area (Å²) in [7, 11) is 1.50. The molecule has 0 spiro atoms. The van der Waals surface area contributed by atoms with Gasteiger partial charge in [-0.25, -0.2) is 9.18 Å². The number of halogens is 1. The molecule has 0 aliphatic heterocycles. The maximum atomic E-state index is 13.1. The van der Waals surface area contributed by atoms with Crippen molar-refractivity contribution in [1.29, 1.82) is 0 Å². The monoisotopic (exact) mass is 299 g/mol. The Bertz CT molecular complexity index is 480. The number of carboxylic acids is 1. The van der Waals surface area contributed by atoms with Crippen LogP contribution in [0, 0.1) is 5.82 Å². The zero-order valence-electron chi connectivity index (χ0n) is 11.7. The van der Waals surface area contributed by atoms with E-state index in [0.29, 0.717) is 12.2 Å². The molecule has 0 fully saturated rings. The second-order valence-electron chi connectivity index (χ2n) is 4.34. The largest absolute Gasteiger partial charge is 0.480 e. The molecule has 0 heterocycles. The summed E-state index contributed by atoms with van der Waals surface area (Å²) < 4.78 is 22.8. The van der Waals surface area contributed by atoms with E-state index in [9.17, 15) is 14.0 Å². The molecule has 0 unspecified atom stereocenters. The van der Waals surface area contributed by atoms with E-state index in [1.54, 1.807) is 6.07 Å². The van der Waals surface area contributed by atoms with Crippen molar-refractivity contribution in [3.63, 3.8) is 0 Å². The molecule has 1 aromatic rings. The minimum atomic E-state index is -1.19. The number of rotatable bonds is 9. The number of hydrogen-bond acceptors (Lipinski definition) is 4. The van der Waals surface area contributed by atoms with Crippen LogP contribution in [0.2, 0.25) is 0 Å². The highest BCUT2D eigenvalue weighted by atomic mass is 19.1. The first kappa shape index (κ1) is 17.1. The fourth-order valence-corrected chi connectivity index (χ4v) is 1.64. The van der Waals surface area contributed by atoms with Gasteiger partial charge in [-0.2, -0.15) is 0 Å². The molecule has 1 atom stereocenters. The van der Waals surface area contributed by atoms with Crippen molar-refractivity contribution in [2.24, 2.45) is 0 Å². The van der Waals surface area contributed by atoms with Crippen LogP contribution in [0.15, 0.2) is 24.3 Å². The van der Waals surface area contributed by atoms with Crippen molar-refractivity contribution in [1.82, 2.24) is 5.32 Å². The molecule has 0 saturated heterocycles. The first-order valence-electron chi connectivity index (χ1n) is 6.36. The molecule has 0 aliphatic rings. The molecule has 0 aliphatic carbocycles. The molecule has 0 aromatic heterocycles. The number of aliphatic carboxylic acids is 1. The third kappa shape index (κ3) is 6.82. The highest BCUT2D eigenvalue weighted by molar-refractivity contribution is 5.84. The summed E-state index contributed by atoms with van der Waals surface area (Å²) in [6, 6.07) is 4.45. The van der Waals surface area contributed by atoms with Crippen LogP contribution in [-0.4, -0.2) is 50.0 Å². The van der Waals surface area contributed by atoms with E-state index in [1.807, 2.05) is 0 Å². The van der Waals surface area contributed by atoms with Crippen LogP contribution in [0.4, 0.5) is 4.39 Å². The lowest BCUT2D eigenvalue weighted by atomic mass is 10.1. The van der Waals surface area contributed by atoms with Gasteiger partial charge in [0.15, 0.2) is 0 Å². The van der Waals surface area contributed by atoms with Crippen molar-refractivity contribution in [3.8, 4) is 0 Å². The zero-order valence-corrected chi connectivity index (χ0v) is 11.7. The summed E-state index contributed by atoms with van der Waals surface area (Å²) in [6.45, 7) is 0.334. The van der Waals surface area contributed by atoms with Gasteiger partial charge in [0.25, 0.3) is 0 Å². The Morgan fingerprint density at radius 1 is 1.38 bits per heavy atom. The molecule has 116 valence electrons. The van der Waals surface area contributed by atoms with E-state index in [2.05, 4.69) is 5.32 Å². The molecular formula is C14H18FNO5. The maximum Gasteiger partial charge on any atom is 0.326 e. The van der Waals surface area contributed by atoms with E-state index in [1.165, 1.54) is 25.3 Å². The fourth-order valence-electron chi connectivity index (χ4n) is 1.64. The van der Waals surface area contributed by atoms with Crippen molar-refractivity contribution in [3.05, 3.63) is 35.6 Å². The van der Waals surface area contributed by atoms with Crippen molar-refractivity contribution >= 4 is 11.9 Å². The van der Waals surface area contributed by atoms with Gasteiger partial charge in [-0.15, -0.1) is 0 Å². The van der Waals surface area contributed by atoms with Crippen molar-refractivity contribution in [2.75, 3.05) is 26.9 Å². The van der Waals surface area contributed by atoms with Gasteiger partial charge in [-0.3, -0.25) is 4.79 Å². The molecule has 0 bridgehead atoms. The summed E-state index contributed by atoms with van der Waals surface area (Å²) in [5.41, 5.74) is 0.489. The number of carbonyl (C=O) groups excluding carboxylic acids is 1. The second-order valence-corrected chi connectivity index (χ2v) is 4.34. The summed E-state index contributed by atoms with van der Waals surface area (Å²) in [6.07, 6.45) is -0.00307. The predicted molar refractivity (Wildman–Crippen MR) is 72.4 cm³/mol. The third-order valence-electron chi connectivity index (χ3n) is 2.63. The Hall–Kier alpha value is -1.99. The van der Waals surface area contributed by atoms with Crippen LogP contribution in [0.25, 0.3) is 0 Å². The number of carboxylic acid groups (broad SMARTS) is 1. The van der Waals surface area contributed by atoms with Crippen LogP contribution in [0.3, 0.4) is 0 Å². The molecule has 0 radical (unpaired) electrons. The average Bonchev–Trinajstić information content (AvgIpc) is 2.43. The summed E-state index contributed by atoms with van der Waals surface area (Å²) >= 11 is 0. The second kappa shape index (κ2) is 9.04. The SMILES string of the molecule is COCCOCC(=O)N[C@@H](Cc1cccc(F)c1)C(=O)O. The number of amides is 1. The van der Waals surface area contributed by atoms with Gasteiger partial charge < -0.3 is 19.9 Å². The lowest BCUT2D eigenvalue weighted by Gasteiger charge is -2.14. The maximum absolute atomic E-state index is 13.1. The third-order valence-corrected chi connectivity index (χ3v) is 2.63. The Morgan fingerprint density at radius 3 is 2.76 bits per heavy atom. The van der Waals surface area contributed by atoms with Crippen LogP contribution in [0.1, 0.15) is 5.56 Å². The number of nitrogens with one attached hydrogen (secondary N) is 1. The van der Waals surface area contributed by atoms with Crippen molar-refractivity contribution < 1.29 is 28.6 Å². The predicted octanol–water partition coefficient (Wildman–Crippen LogP) is 0.601. The van der Waals surface area contributed by atoms with E-state index < -0.39 is 23.7 Å². The van der Waals surface area contributed by atoms with Gasteiger partial charge in [0.1, 0.15) is 18.5 Å². The minimum Gasteiger partial charge on any atom is -0.480 e. The number of benzene rings is 1. The van der Waals surface area contributed by atoms with Crippen molar-refractivity contribution in [2.45, 2.75) is 12.5 Å². The molecule has 6 nitrogen and oxygen atoms in total. The first-order valence-corrected chi connectivity index (χ1v) is 6.36. The number of carbonyl (C=O) groups is 2. The number of ether oxygens (including phenoxy) is 2. The highest BCUT2D eigenvalue weighted by Gasteiger charge is 2.20. The Balaban J connectivity index is 2.50. The molecule has 2 N–H and O–H groups in total. The van der Waals surface area contributed by atoms with Crippen LogP contribution >= 0.6 is 0 Å². The standard InChI is InChI=1S/C14H18FNO5/c1-20-5-6-21-9-13(17)16-12(14(18)19)8-10-3-2-4-11(15)7-10/h2-4,7,12H,5-6,8-9H2,1H3,(H,16,17)(H,18,19)/t12-/m0/s1. The summed E-state index contributed by atoms with van der Waals surface area (Å²) in [5, 5.41) is 11.4. The lowest BCUT2D eigenvalue weighted by molar-refractivity contribution is -0.142. The molecule has 1 aromatic carbocycles. The Labute approximate surface area is 121 Å². The van der Waals surface area contributed by atoms with E-state index in [4.69, 9.17) is 14.6 Å². The fraction of sp³-hybridized carbons (Fsp3) is 0.429. The summed E-state index contributed by atoms with van der Waals surface area (Å²) in [4.78, 5) is 22.7. The minimum absolute atomic E-state index is 0.00307. The summed E-state index contributed by atoms with van der Waals surface area (Å²) in [5.74, 6) is -2.19. The molecule has 1 amide bonds. The topological polar surface area (TPSA) is 84.9 Å². The van der Waals surface area contributed by atoms with Gasteiger partial charge in [0.2, 0.25) is 5.91 Å². The van der Waals surface area contributed by atoms with E-state index in [0.717, 1.165) is 0 Å². The molecule has 21 heavy (non-hydrogen) atoms. The molecule has 0 saturated carbocycles. The van der Waals surface area contributed by atoms with E-state index in [-0.39, 0.29) is 19.6 Å². The van der Waals surface area contributed by atoms with Gasteiger partial charge in [0.05, 0.1) is 13.2 Å². The molecular weight excluding hydrogens is 281 g/mol. The Kier molecular flexibility index (Phi) is 7.34. The smallest absolute Gasteiger partial charge is 0.326 e. The van der Waals surface area contributed by atoms with Gasteiger partial charge in [-0.1, -0.05) is 12.1 Å². The zero-order chi connectivity index (χ0) is 15.7. The number of hydrogen-bond donors (Lipinski definition) is 2. The molecule has 1 rings (SSSR count). The van der Waals surface area contributed by atoms with E-state index >= 15 is 0 Å². The quantitative estimate of drug-likeness (QED) is 0.652. The average molecular weight is 299 g/mol. The highest BCUT2D eigenvalue weighted by Crippen LogP contribution is 2.07. The van der Waals surface area contributed by atoms with Gasteiger partial charge >= 0.3 is 5.97 Å². The lowest BCUT2D eigenvalue weighted by Crippen LogP contribution is -2.44. The Morgan fingerprint density at radius 2 is 2.14 bits per heavy atom. The number of methoxy groups -OCH3 is 1. The van der Waals surface area contributed by atoms with Crippen LogP contribution < -0.4 is 5.32 Å². The van der Waals surface area contributed by atoms with Crippen LogP contribution in [0.5, 0.6) is 0 Å². The normalized spacial score (nSPS) is 11.9. The molecule has 7 heteroatoms. The van der Waals surface area contributed by atoms with Gasteiger partial charge in [0, 0.05) is 13.5 Å².